The molecule has 0 bridgehead atoms. The van der Waals surface area contributed by atoms with Gasteiger partial charge in [0.15, 0.2) is 5.82 Å². The fraction of sp³-hybridized carbons (Fsp3) is 0.158. The van der Waals surface area contributed by atoms with Gasteiger partial charge in [0.25, 0.3) is 0 Å². The number of ether oxygens (including phenoxy) is 1. The van der Waals surface area contributed by atoms with Gasteiger partial charge in [-0.3, -0.25) is 9.48 Å². The molecule has 0 radical (unpaired) electrons. The summed E-state index contributed by atoms with van der Waals surface area (Å²) >= 11 is 0. The van der Waals surface area contributed by atoms with Gasteiger partial charge in [-0.1, -0.05) is 42.5 Å². The lowest BCUT2D eigenvalue weighted by Crippen LogP contribution is -2.17. The van der Waals surface area contributed by atoms with Gasteiger partial charge in [0.05, 0.1) is 13.0 Å². The van der Waals surface area contributed by atoms with Gasteiger partial charge in [0.2, 0.25) is 5.91 Å². The van der Waals surface area contributed by atoms with E-state index in [4.69, 9.17) is 0 Å². The number of benzene rings is 2. The highest BCUT2D eigenvalue weighted by atomic mass is 19.4. The lowest BCUT2D eigenvalue weighted by atomic mass is 10.1. The summed E-state index contributed by atoms with van der Waals surface area (Å²) in [5, 5.41) is 6.95. The van der Waals surface area contributed by atoms with Crippen LogP contribution in [0.1, 0.15) is 11.1 Å². The summed E-state index contributed by atoms with van der Waals surface area (Å²) in [7, 11) is 0. The Morgan fingerprint density at radius 1 is 1.00 bits per heavy atom. The van der Waals surface area contributed by atoms with Crippen molar-refractivity contribution in [1.82, 2.24) is 9.78 Å². The molecule has 1 heterocycles. The van der Waals surface area contributed by atoms with Crippen LogP contribution in [0.4, 0.5) is 19.0 Å². The number of carbonyl (C=O) groups is 1. The van der Waals surface area contributed by atoms with Gasteiger partial charge >= 0.3 is 6.36 Å². The van der Waals surface area contributed by atoms with E-state index in [9.17, 15) is 18.0 Å². The summed E-state index contributed by atoms with van der Waals surface area (Å²) in [4.78, 5) is 12.1. The maximum atomic E-state index is 12.1. The molecule has 2 aromatic carbocycles. The Hall–Kier alpha value is -3.29. The molecule has 140 valence electrons. The highest BCUT2D eigenvalue weighted by Gasteiger charge is 2.30. The van der Waals surface area contributed by atoms with Crippen molar-refractivity contribution < 1.29 is 22.7 Å². The van der Waals surface area contributed by atoms with Crippen LogP contribution in [-0.4, -0.2) is 22.1 Å². The minimum absolute atomic E-state index is 0.0117. The Morgan fingerprint density at radius 3 is 2.37 bits per heavy atom. The first-order chi connectivity index (χ1) is 12.9. The summed E-state index contributed by atoms with van der Waals surface area (Å²) in [5.74, 6) is -0.233. The maximum Gasteiger partial charge on any atom is 0.573 e. The molecule has 0 atom stereocenters. The van der Waals surface area contributed by atoms with Crippen molar-refractivity contribution in [1.29, 1.82) is 0 Å². The van der Waals surface area contributed by atoms with Crippen molar-refractivity contribution in [2.24, 2.45) is 0 Å². The molecule has 8 heteroatoms. The summed E-state index contributed by atoms with van der Waals surface area (Å²) < 4.78 is 41.9. The third-order valence-corrected chi connectivity index (χ3v) is 3.62. The minimum Gasteiger partial charge on any atom is -0.406 e. The minimum atomic E-state index is -4.74. The average molecular weight is 375 g/mol. The number of hydrogen-bond acceptors (Lipinski definition) is 3. The van der Waals surface area contributed by atoms with Crippen LogP contribution in [0.25, 0.3) is 0 Å². The smallest absolute Gasteiger partial charge is 0.406 e. The molecular weight excluding hydrogens is 359 g/mol. The van der Waals surface area contributed by atoms with Crippen LogP contribution in [0.3, 0.4) is 0 Å². The van der Waals surface area contributed by atoms with Crippen LogP contribution in [0.2, 0.25) is 0 Å². The molecule has 1 N–H and O–H groups in total. The van der Waals surface area contributed by atoms with E-state index < -0.39 is 6.36 Å². The summed E-state index contributed by atoms with van der Waals surface area (Å²) in [6.07, 6.45) is -2.97. The molecule has 3 aromatic rings. The molecule has 0 aliphatic heterocycles. The van der Waals surface area contributed by atoms with Crippen LogP contribution in [0, 0.1) is 0 Å². The van der Waals surface area contributed by atoms with E-state index in [1.54, 1.807) is 16.9 Å². The number of halogens is 3. The lowest BCUT2D eigenvalue weighted by Gasteiger charge is -2.09. The van der Waals surface area contributed by atoms with E-state index >= 15 is 0 Å². The number of hydrogen-bond donors (Lipinski definition) is 1. The second kappa shape index (κ2) is 7.94. The summed E-state index contributed by atoms with van der Waals surface area (Å²) in [5.41, 5.74) is 1.64. The second-order valence-corrected chi connectivity index (χ2v) is 5.80. The van der Waals surface area contributed by atoms with Crippen LogP contribution >= 0.6 is 0 Å². The number of amides is 1. The molecule has 0 spiro atoms. The Kier molecular flexibility index (Phi) is 5.44. The van der Waals surface area contributed by atoms with Crippen LogP contribution < -0.4 is 10.1 Å². The molecule has 5 nitrogen and oxygen atoms in total. The van der Waals surface area contributed by atoms with Crippen LogP contribution in [0.15, 0.2) is 66.9 Å². The van der Waals surface area contributed by atoms with Gasteiger partial charge in [0, 0.05) is 12.3 Å². The van der Waals surface area contributed by atoms with Gasteiger partial charge < -0.3 is 10.1 Å². The Morgan fingerprint density at radius 2 is 1.70 bits per heavy atom. The first-order valence-electron chi connectivity index (χ1n) is 8.09. The predicted molar refractivity (Wildman–Crippen MR) is 93.2 cm³/mol. The highest BCUT2D eigenvalue weighted by molar-refractivity contribution is 5.91. The Balaban J connectivity index is 1.53. The molecule has 27 heavy (non-hydrogen) atoms. The van der Waals surface area contributed by atoms with Crippen molar-refractivity contribution >= 4 is 11.7 Å². The third kappa shape index (κ3) is 5.88. The van der Waals surface area contributed by atoms with Gasteiger partial charge in [0.1, 0.15) is 5.75 Å². The normalized spacial score (nSPS) is 11.2. The molecular formula is C19H16F3N3O2. The third-order valence-electron chi connectivity index (χ3n) is 3.62. The first-order valence-corrected chi connectivity index (χ1v) is 8.09. The van der Waals surface area contributed by atoms with Crippen molar-refractivity contribution in [3.8, 4) is 5.75 Å². The van der Waals surface area contributed by atoms with Gasteiger partial charge in [-0.2, -0.15) is 5.10 Å². The topological polar surface area (TPSA) is 56.1 Å². The van der Waals surface area contributed by atoms with Crippen LogP contribution in [-0.2, 0) is 17.8 Å². The molecule has 0 saturated heterocycles. The van der Waals surface area contributed by atoms with E-state index in [-0.39, 0.29) is 18.1 Å². The van der Waals surface area contributed by atoms with Gasteiger partial charge in [-0.15, -0.1) is 13.2 Å². The number of aromatic nitrogens is 2. The van der Waals surface area contributed by atoms with E-state index in [2.05, 4.69) is 15.2 Å². The monoisotopic (exact) mass is 375 g/mol. The number of alkyl halides is 3. The molecule has 0 unspecified atom stereocenters. The molecule has 0 aliphatic rings. The average Bonchev–Trinajstić information content (AvgIpc) is 3.03. The van der Waals surface area contributed by atoms with Gasteiger partial charge in [-0.25, -0.2) is 0 Å². The van der Waals surface area contributed by atoms with Crippen LogP contribution in [0.5, 0.6) is 5.75 Å². The maximum absolute atomic E-state index is 12.1. The number of anilines is 1. The highest BCUT2D eigenvalue weighted by Crippen LogP contribution is 2.22. The van der Waals surface area contributed by atoms with E-state index in [0.717, 1.165) is 5.56 Å². The Labute approximate surface area is 153 Å². The van der Waals surface area contributed by atoms with Crippen molar-refractivity contribution in [3.05, 3.63) is 78.0 Å². The largest absolute Gasteiger partial charge is 0.573 e. The molecule has 0 saturated carbocycles. The number of nitrogens with zero attached hydrogens (tertiary/aromatic N) is 2. The number of rotatable bonds is 6. The molecule has 3 rings (SSSR count). The van der Waals surface area contributed by atoms with Crippen molar-refractivity contribution in [2.45, 2.75) is 19.3 Å². The second-order valence-electron chi connectivity index (χ2n) is 5.80. The summed E-state index contributed by atoms with van der Waals surface area (Å²) in [6, 6.07) is 16.6. The SMILES string of the molecule is O=C(Cc1ccc(OC(F)(F)F)cc1)Nc1ccn(Cc2ccccc2)n1. The van der Waals surface area contributed by atoms with Gasteiger partial charge in [-0.05, 0) is 23.3 Å². The fourth-order valence-electron chi connectivity index (χ4n) is 2.47. The van der Waals surface area contributed by atoms with Crippen molar-refractivity contribution in [3.63, 3.8) is 0 Å². The van der Waals surface area contributed by atoms with E-state index in [0.29, 0.717) is 17.9 Å². The number of nitrogens with one attached hydrogen (secondary N) is 1. The molecule has 1 amide bonds. The first kappa shape index (κ1) is 18.5. The molecule has 0 aliphatic carbocycles. The quantitative estimate of drug-likeness (QED) is 0.708. The zero-order valence-corrected chi connectivity index (χ0v) is 14.1. The fourth-order valence-corrected chi connectivity index (χ4v) is 2.47. The Bertz CT molecular complexity index is 891. The zero-order valence-electron chi connectivity index (χ0n) is 14.1. The number of carbonyl (C=O) groups excluding carboxylic acids is 1. The molecule has 1 aromatic heterocycles. The lowest BCUT2D eigenvalue weighted by molar-refractivity contribution is -0.274. The van der Waals surface area contributed by atoms with Crippen molar-refractivity contribution in [2.75, 3.05) is 5.32 Å². The van der Waals surface area contributed by atoms with E-state index in [1.165, 1.54) is 24.3 Å². The molecule has 0 fully saturated rings. The standard InChI is InChI=1S/C19H16F3N3O2/c20-19(21,22)27-16-8-6-14(7-9-16)12-18(26)23-17-10-11-25(24-17)13-15-4-2-1-3-5-15/h1-11H,12-13H2,(H,23,24,26). The van der Waals surface area contributed by atoms with E-state index in [1.807, 2.05) is 30.3 Å². The zero-order chi connectivity index (χ0) is 19.3. The summed E-state index contributed by atoms with van der Waals surface area (Å²) in [6.45, 7) is 0.581. The predicted octanol–water partition coefficient (Wildman–Crippen LogP) is 4.01.